The Morgan fingerprint density at radius 3 is 2.61 bits per heavy atom. The third-order valence-electron chi connectivity index (χ3n) is 3.51. The first-order valence-electron chi connectivity index (χ1n) is 6.85. The fraction of sp³-hybridized carbons (Fsp3) is 0.786. The second-order valence-electron chi connectivity index (χ2n) is 4.76. The Morgan fingerprint density at radius 1 is 1.33 bits per heavy atom. The zero-order valence-corrected chi connectivity index (χ0v) is 12.4. The molecule has 1 rings (SSSR count). The summed E-state index contributed by atoms with van der Waals surface area (Å²) in [5.41, 5.74) is 3.82. The van der Waals surface area contributed by atoms with Crippen molar-refractivity contribution in [1.29, 1.82) is 0 Å². The summed E-state index contributed by atoms with van der Waals surface area (Å²) < 4.78 is 7.21. The Balaban J connectivity index is 2.74. The summed E-state index contributed by atoms with van der Waals surface area (Å²) >= 11 is 0. The van der Waals surface area contributed by atoms with Gasteiger partial charge in [0.2, 0.25) is 0 Å². The molecule has 0 aromatic carbocycles. The number of aromatic nitrogens is 2. The molecule has 1 unspecified atom stereocenters. The van der Waals surface area contributed by atoms with Gasteiger partial charge in [0.25, 0.3) is 0 Å². The van der Waals surface area contributed by atoms with Gasteiger partial charge in [-0.15, -0.1) is 0 Å². The molecular weight excluding hydrogens is 226 g/mol. The number of ether oxygens (including phenoxy) is 1. The van der Waals surface area contributed by atoms with Gasteiger partial charge in [-0.1, -0.05) is 6.92 Å². The van der Waals surface area contributed by atoms with Crippen molar-refractivity contribution in [3.63, 3.8) is 0 Å². The van der Waals surface area contributed by atoms with Gasteiger partial charge < -0.3 is 10.1 Å². The molecule has 0 spiro atoms. The van der Waals surface area contributed by atoms with Crippen LogP contribution in [0.2, 0.25) is 0 Å². The van der Waals surface area contributed by atoms with Gasteiger partial charge in [-0.3, -0.25) is 4.68 Å². The number of nitrogens with zero attached hydrogens (tertiary/aromatic N) is 2. The van der Waals surface area contributed by atoms with Gasteiger partial charge in [0, 0.05) is 37.6 Å². The molecule has 18 heavy (non-hydrogen) atoms. The smallest absolute Gasteiger partial charge is 0.0644 e. The predicted molar refractivity (Wildman–Crippen MR) is 74.9 cm³/mol. The van der Waals surface area contributed by atoms with Gasteiger partial charge in [0.15, 0.2) is 0 Å². The molecule has 0 aliphatic carbocycles. The minimum Gasteiger partial charge on any atom is -0.385 e. The summed E-state index contributed by atoms with van der Waals surface area (Å²) in [7, 11) is 3.77. The van der Waals surface area contributed by atoms with Crippen molar-refractivity contribution in [2.45, 2.75) is 52.6 Å². The highest BCUT2D eigenvalue weighted by molar-refractivity contribution is 5.28. The van der Waals surface area contributed by atoms with Crippen molar-refractivity contribution >= 4 is 0 Å². The van der Waals surface area contributed by atoms with Crippen molar-refractivity contribution in [1.82, 2.24) is 15.1 Å². The summed E-state index contributed by atoms with van der Waals surface area (Å²) in [5.74, 6) is 0. The molecule has 0 aliphatic heterocycles. The van der Waals surface area contributed by atoms with Crippen LogP contribution in [0.25, 0.3) is 0 Å². The Bertz CT molecular complexity index is 356. The molecule has 1 aromatic heterocycles. The standard InChI is InChI=1S/C14H27N3O/c1-6-13(15-4)14-11(2)16-17(12(14)3)9-7-8-10-18-5/h13,15H,6-10H2,1-5H3. The van der Waals surface area contributed by atoms with E-state index in [0.717, 1.165) is 38.1 Å². The third-order valence-corrected chi connectivity index (χ3v) is 3.51. The summed E-state index contributed by atoms with van der Waals surface area (Å²) in [4.78, 5) is 0. The lowest BCUT2D eigenvalue weighted by Crippen LogP contribution is -2.17. The fourth-order valence-corrected chi connectivity index (χ4v) is 2.49. The lowest BCUT2D eigenvalue weighted by Gasteiger charge is -2.14. The van der Waals surface area contributed by atoms with Crippen LogP contribution in [-0.2, 0) is 11.3 Å². The van der Waals surface area contributed by atoms with Crippen molar-refractivity contribution in [3.8, 4) is 0 Å². The van der Waals surface area contributed by atoms with Crippen LogP contribution in [0.1, 0.15) is 49.2 Å². The second kappa shape index (κ2) is 7.54. The van der Waals surface area contributed by atoms with E-state index in [0.29, 0.717) is 6.04 Å². The molecule has 0 saturated carbocycles. The van der Waals surface area contributed by atoms with Crippen LogP contribution in [0.5, 0.6) is 0 Å². The predicted octanol–water partition coefficient (Wildman–Crippen LogP) is 2.60. The molecule has 0 bridgehead atoms. The highest BCUT2D eigenvalue weighted by atomic mass is 16.5. The molecule has 0 fully saturated rings. The highest BCUT2D eigenvalue weighted by Crippen LogP contribution is 2.23. The zero-order chi connectivity index (χ0) is 13.5. The van der Waals surface area contributed by atoms with Crippen LogP contribution in [0, 0.1) is 13.8 Å². The van der Waals surface area contributed by atoms with Gasteiger partial charge in [0.05, 0.1) is 5.69 Å². The maximum absolute atomic E-state index is 5.07. The Morgan fingerprint density at radius 2 is 2.06 bits per heavy atom. The molecule has 1 heterocycles. The van der Waals surface area contributed by atoms with Gasteiger partial charge in [0.1, 0.15) is 0 Å². The van der Waals surface area contributed by atoms with E-state index >= 15 is 0 Å². The molecule has 4 nitrogen and oxygen atoms in total. The molecule has 1 N–H and O–H groups in total. The van der Waals surface area contributed by atoms with E-state index in [4.69, 9.17) is 4.74 Å². The molecule has 0 amide bonds. The minimum atomic E-state index is 0.415. The zero-order valence-electron chi connectivity index (χ0n) is 12.4. The normalized spacial score (nSPS) is 12.9. The van der Waals surface area contributed by atoms with E-state index in [9.17, 15) is 0 Å². The van der Waals surface area contributed by atoms with Crippen molar-refractivity contribution in [2.75, 3.05) is 20.8 Å². The van der Waals surface area contributed by atoms with E-state index in [-0.39, 0.29) is 0 Å². The monoisotopic (exact) mass is 253 g/mol. The summed E-state index contributed by atoms with van der Waals surface area (Å²) in [6.07, 6.45) is 3.30. The number of rotatable bonds is 8. The topological polar surface area (TPSA) is 39.1 Å². The van der Waals surface area contributed by atoms with Crippen LogP contribution in [-0.4, -0.2) is 30.5 Å². The fourth-order valence-electron chi connectivity index (χ4n) is 2.49. The second-order valence-corrected chi connectivity index (χ2v) is 4.76. The number of nitrogens with one attached hydrogen (secondary N) is 1. The van der Waals surface area contributed by atoms with Crippen molar-refractivity contribution in [3.05, 3.63) is 17.0 Å². The van der Waals surface area contributed by atoms with Gasteiger partial charge in [-0.05, 0) is 40.2 Å². The summed E-state index contributed by atoms with van der Waals surface area (Å²) in [5, 5.41) is 8.03. The average molecular weight is 253 g/mol. The van der Waals surface area contributed by atoms with Crippen LogP contribution in [0.15, 0.2) is 0 Å². The number of methoxy groups -OCH3 is 1. The van der Waals surface area contributed by atoms with Gasteiger partial charge >= 0.3 is 0 Å². The van der Waals surface area contributed by atoms with Crippen molar-refractivity contribution < 1.29 is 4.74 Å². The first-order valence-corrected chi connectivity index (χ1v) is 6.85. The maximum atomic E-state index is 5.07. The van der Waals surface area contributed by atoms with Crippen molar-refractivity contribution in [2.24, 2.45) is 0 Å². The van der Waals surface area contributed by atoms with Gasteiger partial charge in [-0.25, -0.2) is 0 Å². The Kier molecular flexibility index (Phi) is 6.36. The van der Waals surface area contributed by atoms with E-state index in [1.807, 2.05) is 7.05 Å². The molecule has 104 valence electrons. The SMILES string of the molecule is CCC(NC)c1c(C)nn(CCCCOC)c1C. The lowest BCUT2D eigenvalue weighted by molar-refractivity contribution is 0.191. The first kappa shape index (κ1) is 15.2. The van der Waals surface area contributed by atoms with Crippen LogP contribution in [0.3, 0.4) is 0 Å². The van der Waals surface area contributed by atoms with E-state index in [1.165, 1.54) is 11.3 Å². The van der Waals surface area contributed by atoms with E-state index < -0.39 is 0 Å². The summed E-state index contributed by atoms with van der Waals surface area (Å²) in [6, 6.07) is 0.415. The van der Waals surface area contributed by atoms with Crippen LogP contribution < -0.4 is 5.32 Å². The quantitative estimate of drug-likeness (QED) is 0.724. The Hall–Kier alpha value is -0.870. The highest BCUT2D eigenvalue weighted by Gasteiger charge is 2.17. The molecule has 1 atom stereocenters. The Labute approximate surface area is 111 Å². The minimum absolute atomic E-state index is 0.415. The van der Waals surface area contributed by atoms with Crippen LogP contribution in [0.4, 0.5) is 0 Å². The maximum Gasteiger partial charge on any atom is 0.0644 e. The molecule has 0 radical (unpaired) electrons. The largest absolute Gasteiger partial charge is 0.385 e. The molecule has 0 aliphatic rings. The molecular formula is C14H27N3O. The van der Waals surface area contributed by atoms with E-state index in [1.54, 1.807) is 7.11 Å². The number of hydrogen-bond donors (Lipinski definition) is 1. The average Bonchev–Trinajstić information content (AvgIpc) is 2.64. The molecule has 1 aromatic rings. The third kappa shape index (κ3) is 3.56. The molecule has 4 heteroatoms. The van der Waals surface area contributed by atoms with Gasteiger partial charge in [-0.2, -0.15) is 5.10 Å². The lowest BCUT2D eigenvalue weighted by atomic mass is 10.0. The number of hydrogen-bond acceptors (Lipinski definition) is 3. The molecule has 0 saturated heterocycles. The summed E-state index contributed by atoms with van der Waals surface area (Å²) in [6.45, 7) is 8.30. The first-order chi connectivity index (χ1) is 8.65. The van der Waals surface area contributed by atoms with Crippen LogP contribution >= 0.6 is 0 Å². The number of aryl methyl sites for hydroxylation is 2. The van der Waals surface area contributed by atoms with E-state index in [2.05, 4.69) is 35.9 Å². The number of unbranched alkanes of at least 4 members (excludes halogenated alkanes) is 1.